The van der Waals surface area contributed by atoms with Crippen molar-refractivity contribution in [2.24, 2.45) is 5.73 Å². The Morgan fingerprint density at radius 1 is 1.29 bits per heavy atom. The van der Waals surface area contributed by atoms with Crippen LogP contribution in [0.3, 0.4) is 0 Å². The number of H-pyrrole nitrogens is 1. The number of fused-ring (bicyclic) bond motifs is 2. The molecule has 3 aromatic rings. The van der Waals surface area contributed by atoms with Crippen LogP contribution in [-0.4, -0.2) is 34.1 Å². The second kappa shape index (κ2) is 7.22. The number of aromatic nitrogens is 3. The maximum absolute atomic E-state index is 6.67. The lowest BCUT2D eigenvalue weighted by Crippen LogP contribution is -2.27. The van der Waals surface area contributed by atoms with Crippen LogP contribution in [0.5, 0.6) is 0 Å². The van der Waals surface area contributed by atoms with Crippen molar-refractivity contribution in [3.63, 3.8) is 0 Å². The van der Waals surface area contributed by atoms with E-state index in [0.29, 0.717) is 0 Å². The third kappa shape index (κ3) is 3.16. The van der Waals surface area contributed by atoms with Crippen molar-refractivity contribution in [1.29, 1.82) is 0 Å². The zero-order valence-corrected chi connectivity index (χ0v) is 17.3. The molecule has 0 amide bonds. The van der Waals surface area contributed by atoms with E-state index >= 15 is 0 Å². The van der Waals surface area contributed by atoms with Gasteiger partial charge in [0.1, 0.15) is 11.5 Å². The highest BCUT2D eigenvalue weighted by Crippen LogP contribution is 2.38. The summed E-state index contributed by atoms with van der Waals surface area (Å²) in [6.45, 7) is 5.65. The van der Waals surface area contributed by atoms with Gasteiger partial charge >= 0.3 is 0 Å². The van der Waals surface area contributed by atoms with Gasteiger partial charge in [0, 0.05) is 42.8 Å². The van der Waals surface area contributed by atoms with Crippen molar-refractivity contribution in [3.05, 3.63) is 40.0 Å². The Labute approximate surface area is 173 Å². The molecule has 0 spiro atoms. The van der Waals surface area contributed by atoms with Crippen molar-refractivity contribution in [3.8, 4) is 0 Å². The van der Waals surface area contributed by atoms with Crippen molar-refractivity contribution >= 4 is 40.2 Å². The lowest BCUT2D eigenvalue weighted by atomic mass is 10.1. The number of aromatic amines is 1. The molecule has 2 aliphatic rings. The minimum absolute atomic E-state index is 0.175. The number of halogens is 1. The molecule has 146 valence electrons. The maximum atomic E-state index is 6.67. The summed E-state index contributed by atoms with van der Waals surface area (Å²) < 4.78 is 0. The Kier molecular flexibility index (Phi) is 4.71. The average Bonchev–Trinajstić information content (AvgIpc) is 3.40. The van der Waals surface area contributed by atoms with Gasteiger partial charge in [-0.05, 0) is 47.9 Å². The lowest BCUT2D eigenvalue weighted by Gasteiger charge is -2.18. The van der Waals surface area contributed by atoms with Gasteiger partial charge in [-0.25, -0.2) is 9.97 Å². The molecule has 6 nitrogen and oxygen atoms in total. The van der Waals surface area contributed by atoms with E-state index in [1.165, 1.54) is 11.1 Å². The van der Waals surface area contributed by atoms with E-state index in [0.717, 1.165) is 76.6 Å². The van der Waals surface area contributed by atoms with Crippen molar-refractivity contribution in [2.75, 3.05) is 18.0 Å². The van der Waals surface area contributed by atoms with Crippen LogP contribution >= 0.6 is 23.4 Å². The zero-order valence-electron chi connectivity index (χ0n) is 15.8. The molecule has 1 fully saturated rings. The third-order valence-electron chi connectivity index (χ3n) is 5.52. The summed E-state index contributed by atoms with van der Waals surface area (Å²) in [7, 11) is 0. The third-order valence-corrected chi connectivity index (χ3v) is 6.79. The van der Waals surface area contributed by atoms with Crippen LogP contribution in [0.4, 0.5) is 5.82 Å². The van der Waals surface area contributed by atoms with Crippen LogP contribution in [0.1, 0.15) is 30.2 Å². The first kappa shape index (κ1) is 18.2. The summed E-state index contributed by atoms with van der Waals surface area (Å²) in [6, 6.07) is 6.75. The van der Waals surface area contributed by atoms with Crippen molar-refractivity contribution < 1.29 is 0 Å². The van der Waals surface area contributed by atoms with Crippen LogP contribution in [0.25, 0.3) is 11.0 Å². The van der Waals surface area contributed by atoms with E-state index in [2.05, 4.69) is 40.3 Å². The Morgan fingerprint density at radius 3 is 2.93 bits per heavy atom. The number of nitrogens with one attached hydrogen (secondary N) is 2. The molecule has 1 saturated heterocycles. The highest BCUT2D eigenvalue weighted by Gasteiger charge is 2.26. The van der Waals surface area contributed by atoms with Crippen LogP contribution in [0.15, 0.2) is 28.3 Å². The number of rotatable bonds is 4. The SMILES string of the molecule is CCc1[nH]c2nc(Sc3ccc4c(c3)CNC4)nc(N3CCC(N)C3)c2c1Cl. The van der Waals surface area contributed by atoms with Crippen molar-refractivity contribution in [2.45, 2.75) is 48.9 Å². The Balaban J connectivity index is 1.57. The minimum Gasteiger partial charge on any atom is -0.354 e. The monoisotopic (exact) mass is 414 g/mol. The largest absolute Gasteiger partial charge is 0.354 e. The molecule has 0 bridgehead atoms. The number of aryl methyl sites for hydroxylation is 1. The smallest absolute Gasteiger partial charge is 0.196 e. The Bertz CT molecular complexity index is 1050. The molecule has 1 atom stereocenters. The molecule has 2 aromatic heterocycles. The molecule has 8 heteroatoms. The first-order valence-corrected chi connectivity index (χ1v) is 10.9. The van der Waals surface area contributed by atoms with E-state index in [1.54, 1.807) is 11.8 Å². The summed E-state index contributed by atoms with van der Waals surface area (Å²) in [5.74, 6) is 0.893. The first-order valence-electron chi connectivity index (χ1n) is 9.71. The average molecular weight is 415 g/mol. The molecule has 28 heavy (non-hydrogen) atoms. The maximum Gasteiger partial charge on any atom is 0.196 e. The van der Waals surface area contributed by atoms with Gasteiger partial charge in [0.25, 0.3) is 0 Å². The summed E-state index contributed by atoms with van der Waals surface area (Å²) >= 11 is 8.26. The van der Waals surface area contributed by atoms with Gasteiger partial charge in [0.05, 0.1) is 10.4 Å². The number of anilines is 1. The summed E-state index contributed by atoms with van der Waals surface area (Å²) in [5.41, 5.74) is 10.7. The molecule has 4 N–H and O–H groups in total. The molecule has 2 aliphatic heterocycles. The van der Waals surface area contributed by atoms with Gasteiger partial charge in [-0.1, -0.05) is 24.6 Å². The number of nitrogens with two attached hydrogens (primary N) is 1. The normalized spacial score (nSPS) is 19.0. The fourth-order valence-electron chi connectivity index (χ4n) is 4.01. The topological polar surface area (TPSA) is 82.9 Å². The predicted molar refractivity (Wildman–Crippen MR) is 114 cm³/mol. The van der Waals surface area contributed by atoms with Gasteiger partial charge in [-0.15, -0.1) is 0 Å². The summed E-state index contributed by atoms with van der Waals surface area (Å²) in [6.07, 6.45) is 1.79. The second-order valence-corrected chi connectivity index (χ2v) is 8.87. The van der Waals surface area contributed by atoms with Gasteiger partial charge in [0.15, 0.2) is 5.16 Å². The van der Waals surface area contributed by atoms with E-state index in [9.17, 15) is 0 Å². The number of hydrogen-bond donors (Lipinski definition) is 3. The highest BCUT2D eigenvalue weighted by molar-refractivity contribution is 7.99. The molecule has 5 rings (SSSR count). The van der Waals surface area contributed by atoms with Crippen molar-refractivity contribution in [1.82, 2.24) is 20.3 Å². The van der Waals surface area contributed by atoms with Crippen LogP contribution in [0, 0.1) is 0 Å². The summed E-state index contributed by atoms with van der Waals surface area (Å²) in [4.78, 5) is 16.5. The number of nitrogens with zero attached hydrogens (tertiary/aromatic N) is 3. The van der Waals surface area contributed by atoms with Crippen LogP contribution in [-0.2, 0) is 19.5 Å². The van der Waals surface area contributed by atoms with Crippen LogP contribution < -0.4 is 16.0 Å². The fourth-order valence-corrected chi connectivity index (χ4v) is 5.18. The fraction of sp³-hybridized carbons (Fsp3) is 0.400. The Morgan fingerprint density at radius 2 is 2.14 bits per heavy atom. The lowest BCUT2D eigenvalue weighted by molar-refractivity contribution is 0.751. The van der Waals surface area contributed by atoms with E-state index in [1.807, 2.05) is 0 Å². The predicted octanol–water partition coefficient (Wildman–Crippen LogP) is 3.47. The molecule has 1 aromatic carbocycles. The first-order chi connectivity index (χ1) is 13.6. The van der Waals surface area contributed by atoms with Gasteiger partial charge in [0.2, 0.25) is 0 Å². The standard InChI is InChI=1S/C20H23ClN6S/c1-2-15-17(21)16-18(24-15)25-20(26-19(16)27-6-5-13(22)10-27)28-14-4-3-11-8-23-9-12(11)7-14/h3-4,7,13,23H,2,5-6,8-10,22H2,1H3,(H,24,25,26). The Hall–Kier alpha value is -1.80. The quantitative estimate of drug-likeness (QED) is 0.567. The summed E-state index contributed by atoms with van der Waals surface area (Å²) in [5, 5.41) is 5.76. The van der Waals surface area contributed by atoms with E-state index in [4.69, 9.17) is 27.3 Å². The molecule has 0 saturated carbocycles. The van der Waals surface area contributed by atoms with E-state index in [-0.39, 0.29) is 6.04 Å². The van der Waals surface area contributed by atoms with Gasteiger partial charge in [-0.3, -0.25) is 0 Å². The minimum atomic E-state index is 0.175. The number of hydrogen-bond acceptors (Lipinski definition) is 6. The highest BCUT2D eigenvalue weighted by atomic mass is 35.5. The van der Waals surface area contributed by atoms with E-state index < -0.39 is 0 Å². The molecule has 0 aliphatic carbocycles. The molecular weight excluding hydrogens is 392 g/mol. The van der Waals surface area contributed by atoms with Gasteiger partial charge in [-0.2, -0.15) is 0 Å². The zero-order chi connectivity index (χ0) is 19.3. The number of benzene rings is 1. The molecule has 0 radical (unpaired) electrons. The van der Waals surface area contributed by atoms with Gasteiger partial charge < -0.3 is 20.9 Å². The molecular formula is C20H23ClN6S. The van der Waals surface area contributed by atoms with Crippen LogP contribution in [0.2, 0.25) is 5.02 Å². The molecule has 1 unspecified atom stereocenters. The molecule has 4 heterocycles. The second-order valence-electron chi connectivity index (χ2n) is 7.46.